The molecule has 0 bridgehead atoms. The molecule has 2 fully saturated rings. The predicted octanol–water partition coefficient (Wildman–Crippen LogP) is 1.47. The van der Waals surface area contributed by atoms with Crippen LogP contribution >= 0.6 is 11.3 Å². The molecule has 1 aromatic rings. The van der Waals surface area contributed by atoms with E-state index < -0.39 is 6.10 Å². The van der Waals surface area contributed by atoms with Gasteiger partial charge in [-0.05, 0) is 19.8 Å². The Kier molecular flexibility index (Phi) is 3.95. The van der Waals surface area contributed by atoms with Crippen LogP contribution in [0.15, 0.2) is 10.9 Å². The SMILES string of the molecule is COC(=O)[C@@H]1C[C@@H]2[C@@H](CC[C@H](C)N2C(=O)c2cscn2)O1. The number of carbonyl (C=O) groups excluding carboxylic acids is 2. The first-order valence-corrected chi connectivity index (χ1v) is 8.00. The minimum atomic E-state index is -0.568. The Morgan fingerprint density at radius 1 is 1.48 bits per heavy atom. The maximum Gasteiger partial charge on any atom is 0.335 e. The van der Waals surface area contributed by atoms with Gasteiger partial charge in [0.05, 0.1) is 24.8 Å². The topological polar surface area (TPSA) is 68.7 Å². The maximum atomic E-state index is 12.7. The molecule has 21 heavy (non-hydrogen) atoms. The van der Waals surface area contributed by atoms with E-state index in [4.69, 9.17) is 9.47 Å². The van der Waals surface area contributed by atoms with Crippen molar-refractivity contribution in [1.29, 1.82) is 0 Å². The Hall–Kier alpha value is -1.47. The summed E-state index contributed by atoms with van der Waals surface area (Å²) in [6.45, 7) is 2.03. The molecule has 1 amide bonds. The summed E-state index contributed by atoms with van der Waals surface area (Å²) in [5.74, 6) is -0.439. The van der Waals surface area contributed by atoms with Crippen LogP contribution in [0.2, 0.25) is 0 Å². The molecule has 0 N–H and O–H groups in total. The maximum absolute atomic E-state index is 12.7. The van der Waals surface area contributed by atoms with Gasteiger partial charge in [0.25, 0.3) is 5.91 Å². The molecule has 2 aliphatic heterocycles. The van der Waals surface area contributed by atoms with Gasteiger partial charge in [0.1, 0.15) is 5.69 Å². The van der Waals surface area contributed by atoms with Crippen molar-refractivity contribution in [3.8, 4) is 0 Å². The standard InChI is InChI=1S/C14H18N2O4S/c1-8-3-4-11-10(5-12(20-11)14(18)19-2)16(8)13(17)9-6-21-7-15-9/h6-8,10-12H,3-5H2,1-2H3/t8-,10+,11+,12-/m0/s1. The van der Waals surface area contributed by atoms with Crippen LogP contribution < -0.4 is 0 Å². The van der Waals surface area contributed by atoms with E-state index in [-0.39, 0.29) is 30.1 Å². The largest absolute Gasteiger partial charge is 0.467 e. The fourth-order valence-electron chi connectivity index (χ4n) is 3.24. The van der Waals surface area contributed by atoms with Gasteiger partial charge in [0, 0.05) is 17.8 Å². The molecular weight excluding hydrogens is 292 g/mol. The normalized spacial score (nSPS) is 31.8. The molecule has 2 aliphatic rings. The highest BCUT2D eigenvalue weighted by atomic mass is 32.1. The number of nitrogens with zero attached hydrogens (tertiary/aromatic N) is 2. The van der Waals surface area contributed by atoms with Crippen molar-refractivity contribution in [2.75, 3.05) is 7.11 Å². The smallest absolute Gasteiger partial charge is 0.335 e. The van der Waals surface area contributed by atoms with Crippen LogP contribution in [-0.4, -0.2) is 53.2 Å². The van der Waals surface area contributed by atoms with Crippen LogP contribution in [0.3, 0.4) is 0 Å². The number of piperidine rings is 1. The van der Waals surface area contributed by atoms with E-state index in [9.17, 15) is 9.59 Å². The third-order valence-corrected chi connectivity index (χ3v) is 4.86. The molecule has 7 heteroatoms. The summed E-state index contributed by atoms with van der Waals surface area (Å²) < 4.78 is 10.5. The lowest BCUT2D eigenvalue weighted by molar-refractivity contribution is -0.153. The first kappa shape index (κ1) is 14.5. The number of hydrogen-bond acceptors (Lipinski definition) is 6. The van der Waals surface area contributed by atoms with Gasteiger partial charge < -0.3 is 14.4 Å². The molecule has 0 aromatic carbocycles. The number of ether oxygens (including phenoxy) is 2. The average molecular weight is 310 g/mol. The van der Waals surface area contributed by atoms with Gasteiger partial charge in [-0.2, -0.15) is 0 Å². The highest BCUT2D eigenvalue weighted by Crippen LogP contribution is 2.36. The lowest BCUT2D eigenvalue weighted by atomic mass is 9.92. The van der Waals surface area contributed by atoms with Gasteiger partial charge in [0.2, 0.25) is 0 Å². The summed E-state index contributed by atoms with van der Waals surface area (Å²) in [5.41, 5.74) is 2.12. The van der Waals surface area contributed by atoms with E-state index in [1.54, 1.807) is 10.9 Å². The predicted molar refractivity (Wildman–Crippen MR) is 76.1 cm³/mol. The van der Waals surface area contributed by atoms with Crippen molar-refractivity contribution < 1.29 is 19.1 Å². The number of methoxy groups -OCH3 is 1. The van der Waals surface area contributed by atoms with Crippen molar-refractivity contribution in [2.45, 2.75) is 50.5 Å². The zero-order valence-electron chi connectivity index (χ0n) is 12.0. The Morgan fingerprint density at radius 2 is 2.29 bits per heavy atom. The molecule has 2 saturated heterocycles. The molecule has 0 spiro atoms. The molecule has 0 unspecified atom stereocenters. The number of aromatic nitrogens is 1. The third kappa shape index (κ3) is 2.55. The Balaban J connectivity index is 1.82. The van der Waals surface area contributed by atoms with Gasteiger partial charge in [-0.25, -0.2) is 9.78 Å². The number of amides is 1. The minimum absolute atomic E-state index is 0.0763. The van der Waals surface area contributed by atoms with E-state index in [0.29, 0.717) is 12.1 Å². The number of fused-ring (bicyclic) bond motifs is 1. The van der Waals surface area contributed by atoms with Gasteiger partial charge in [-0.15, -0.1) is 11.3 Å². The fraction of sp³-hybridized carbons (Fsp3) is 0.643. The summed E-state index contributed by atoms with van der Waals surface area (Å²) in [6, 6.07) is 0.0486. The number of rotatable bonds is 2. The summed E-state index contributed by atoms with van der Waals surface area (Å²) in [4.78, 5) is 30.3. The van der Waals surface area contributed by atoms with Gasteiger partial charge in [-0.3, -0.25) is 4.79 Å². The van der Waals surface area contributed by atoms with Gasteiger partial charge in [-0.1, -0.05) is 0 Å². The summed E-state index contributed by atoms with van der Waals surface area (Å²) in [6.07, 6.45) is 1.57. The van der Waals surface area contributed by atoms with Crippen molar-refractivity contribution >= 4 is 23.2 Å². The van der Waals surface area contributed by atoms with Crippen LogP contribution in [0, 0.1) is 0 Å². The molecule has 6 nitrogen and oxygen atoms in total. The average Bonchev–Trinajstić information content (AvgIpc) is 3.14. The highest BCUT2D eigenvalue weighted by molar-refractivity contribution is 7.07. The van der Waals surface area contributed by atoms with E-state index >= 15 is 0 Å². The molecule has 0 aliphatic carbocycles. The molecule has 0 radical (unpaired) electrons. The molecular formula is C14H18N2O4S. The summed E-state index contributed by atoms with van der Waals surface area (Å²) in [5, 5.41) is 1.76. The third-order valence-electron chi connectivity index (χ3n) is 4.27. The van der Waals surface area contributed by atoms with Crippen LogP contribution in [0.25, 0.3) is 0 Å². The number of hydrogen-bond donors (Lipinski definition) is 0. The Morgan fingerprint density at radius 3 is 2.95 bits per heavy atom. The zero-order chi connectivity index (χ0) is 15.0. The van der Waals surface area contributed by atoms with Gasteiger partial charge >= 0.3 is 5.97 Å². The van der Waals surface area contributed by atoms with Crippen LogP contribution in [0.1, 0.15) is 36.7 Å². The van der Waals surface area contributed by atoms with Crippen molar-refractivity contribution in [3.05, 3.63) is 16.6 Å². The van der Waals surface area contributed by atoms with Crippen molar-refractivity contribution in [1.82, 2.24) is 9.88 Å². The molecule has 0 saturated carbocycles. The molecule has 4 atom stereocenters. The zero-order valence-corrected chi connectivity index (χ0v) is 12.8. The van der Waals surface area contributed by atoms with E-state index in [1.807, 2.05) is 11.8 Å². The van der Waals surface area contributed by atoms with E-state index in [2.05, 4.69) is 4.98 Å². The number of carbonyl (C=O) groups is 2. The van der Waals surface area contributed by atoms with Crippen LogP contribution in [0.4, 0.5) is 0 Å². The van der Waals surface area contributed by atoms with Crippen molar-refractivity contribution in [3.63, 3.8) is 0 Å². The molecule has 3 heterocycles. The van der Waals surface area contributed by atoms with Crippen molar-refractivity contribution in [2.24, 2.45) is 0 Å². The monoisotopic (exact) mass is 310 g/mol. The first-order valence-electron chi connectivity index (χ1n) is 7.06. The van der Waals surface area contributed by atoms with Gasteiger partial charge in [0.15, 0.2) is 6.10 Å². The minimum Gasteiger partial charge on any atom is -0.467 e. The second kappa shape index (κ2) is 5.73. The first-order chi connectivity index (χ1) is 10.1. The summed E-state index contributed by atoms with van der Waals surface area (Å²) in [7, 11) is 1.36. The second-order valence-corrected chi connectivity index (χ2v) is 6.22. The lowest BCUT2D eigenvalue weighted by Crippen LogP contribution is -2.53. The fourth-order valence-corrected chi connectivity index (χ4v) is 3.76. The molecule has 1 aromatic heterocycles. The van der Waals surface area contributed by atoms with E-state index in [0.717, 1.165) is 12.8 Å². The van der Waals surface area contributed by atoms with Crippen LogP contribution in [-0.2, 0) is 14.3 Å². The Labute approximate surface area is 127 Å². The second-order valence-electron chi connectivity index (χ2n) is 5.50. The number of thiazole rings is 1. The summed E-state index contributed by atoms with van der Waals surface area (Å²) >= 11 is 1.40. The Bertz CT molecular complexity index is 533. The number of esters is 1. The molecule has 3 rings (SSSR count). The van der Waals surface area contributed by atoms with E-state index in [1.165, 1.54) is 18.4 Å². The highest BCUT2D eigenvalue weighted by Gasteiger charge is 2.48. The quantitative estimate of drug-likeness (QED) is 0.774. The molecule has 114 valence electrons. The number of likely N-dealkylation sites (tertiary alicyclic amines) is 1. The lowest BCUT2D eigenvalue weighted by Gasteiger charge is -2.41. The van der Waals surface area contributed by atoms with Crippen LogP contribution in [0.5, 0.6) is 0 Å².